The van der Waals surface area contributed by atoms with Crippen LogP contribution in [-0.2, 0) is 6.54 Å². The monoisotopic (exact) mass is 409 g/mol. The molecule has 0 bridgehead atoms. The molecule has 0 atom stereocenters. The van der Waals surface area contributed by atoms with Crippen LogP contribution in [0.4, 0.5) is 0 Å². The van der Waals surface area contributed by atoms with Gasteiger partial charge in [0.05, 0.1) is 23.6 Å². The van der Waals surface area contributed by atoms with E-state index in [9.17, 15) is 4.79 Å². The third kappa shape index (κ3) is 3.43. The summed E-state index contributed by atoms with van der Waals surface area (Å²) in [5.74, 6) is 2.69. The van der Waals surface area contributed by atoms with Crippen LogP contribution >= 0.6 is 0 Å². The first-order valence-electron chi connectivity index (χ1n) is 10.4. The normalized spacial score (nSPS) is 16.0. The molecule has 6 heteroatoms. The number of piperazine rings is 1. The number of aromatic nitrogens is 2. The number of nitrogens with zero attached hydrogens (tertiary/aromatic N) is 5. The Morgan fingerprint density at radius 1 is 1.06 bits per heavy atom. The molecule has 3 heterocycles. The van der Waals surface area contributed by atoms with Crippen LogP contribution in [0, 0.1) is 12.3 Å². The Bertz CT molecular complexity index is 1210. The van der Waals surface area contributed by atoms with Crippen molar-refractivity contribution in [2.24, 2.45) is 4.99 Å². The predicted molar refractivity (Wildman–Crippen MR) is 121 cm³/mol. The van der Waals surface area contributed by atoms with Crippen LogP contribution in [0.3, 0.4) is 0 Å². The van der Waals surface area contributed by atoms with E-state index in [-0.39, 0.29) is 5.91 Å². The standard InChI is InChI=1S/C25H23N5O/c1-3-18-9-10-21-20(15-18)23(19-7-5-4-6-8-19)26-16-22-24(27-17-30(21)22)25(31)29-13-11-28(2)12-14-29/h1,4-10,15,17H,11-14,16H2,2H3. The Hall–Kier alpha value is -3.69. The highest BCUT2D eigenvalue weighted by atomic mass is 16.2. The number of rotatable bonds is 2. The topological polar surface area (TPSA) is 53.7 Å². The fourth-order valence-electron chi connectivity index (χ4n) is 4.18. The van der Waals surface area contributed by atoms with Gasteiger partial charge in [-0.1, -0.05) is 36.3 Å². The Kier molecular flexibility index (Phi) is 4.89. The molecule has 154 valence electrons. The SMILES string of the molecule is C#Cc1ccc2c(c1)C(c1ccccc1)=NCc1c(C(=O)N3CCN(C)CC3)ncn1-2. The van der Waals surface area contributed by atoms with Gasteiger partial charge in [-0.3, -0.25) is 14.4 Å². The van der Waals surface area contributed by atoms with Crippen molar-refractivity contribution in [3.63, 3.8) is 0 Å². The summed E-state index contributed by atoms with van der Waals surface area (Å²) in [5.41, 5.74) is 5.84. The van der Waals surface area contributed by atoms with Crippen LogP contribution in [0.25, 0.3) is 5.69 Å². The van der Waals surface area contributed by atoms with Gasteiger partial charge in [0, 0.05) is 42.9 Å². The molecule has 31 heavy (non-hydrogen) atoms. The highest BCUT2D eigenvalue weighted by Gasteiger charge is 2.28. The molecule has 0 aliphatic carbocycles. The summed E-state index contributed by atoms with van der Waals surface area (Å²) in [5, 5.41) is 0. The molecule has 1 fully saturated rings. The van der Waals surface area contributed by atoms with Crippen molar-refractivity contribution in [1.82, 2.24) is 19.4 Å². The average Bonchev–Trinajstić information content (AvgIpc) is 3.16. The molecule has 6 nitrogen and oxygen atoms in total. The number of carbonyl (C=O) groups is 1. The number of benzene rings is 2. The van der Waals surface area contributed by atoms with Crippen molar-refractivity contribution in [3.05, 3.63) is 82.9 Å². The van der Waals surface area contributed by atoms with Gasteiger partial charge in [-0.15, -0.1) is 6.42 Å². The van der Waals surface area contributed by atoms with E-state index >= 15 is 0 Å². The molecule has 1 amide bonds. The van der Waals surface area contributed by atoms with Gasteiger partial charge >= 0.3 is 0 Å². The van der Waals surface area contributed by atoms with E-state index in [1.54, 1.807) is 6.33 Å². The predicted octanol–water partition coefficient (Wildman–Crippen LogP) is 2.59. The zero-order chi connectivity index (χ0) is 21.4. The molecule has 2 aliphatic rings. The minimum Gasteiger partial charge on any atom is -0.335 e. The fourth-order valence-corrected chi connectivity index (χ4v) is 4.18. The lowest BCUT2D eigenvalue weighted by molar-refractivity contribution is 0.0657. The smallest absolute Gasteiger partial charge is 0.274 e. The molecular weight excluding hydrogens is 386 g/mol. The van der Waals surface area contributed by atoms with Crippen molar-refractivity contribution >= 4 is 11.6 Å². The Morgan fingerprint density at radius 2 is 1.84 bits per heavy atom. The van der Waals surface area contributed by atoms with Crippen LogP contribution < -0.4 is 0 Å². The van der Waals surface area contributed by atoms with Gasteiger partial charge in [-0.2, -0.15) is 0 Å². The van der Waals surface area contributed by atoms with Gasteiger partial charge in [0.1, 0.15) is 6.33 Å². The summed E-state index contributed by atoms with van der Waals surface area (Å²) in [6.45, 7) is 3.54. The third-order valence-corrected chi connectivity index (χ3v) is 5.97. The highest BCUT2D eigenvalue weighted by Crippen LogP contribution is 2.28. The molecule has 0 N–H and O–H groups in total. The van der Waals surface area contributed by atoms with E-state index in [0.717, 1.165) is 46.9 Å². The third-order valence-electron chi connectivity index (χ3n) is 5.97. The second kappa shape index (κ2) is 7.86. The van der Waals surface area contributed by atoms with Crippen LogP contribution in [-0.4, -0.2) is 64.2 Å². The second-order valence-corrected chi connectivity index (χ2v) is 7.91. The van der Waals surface area contributed by atoms with Crippen molar-refractivity contribution in [1.29, 1.82) is 0 Å². The average molecular weight is 409 g/mol. The summed E-state index contributed by atoms with van der Waals surface area (Å²) < 4.78 is 1.98. The molecule has 0 spiro atoms. The van der Waals surface area contributed by atoms with Crippen LogP contribution in [0.1, 0.15) is 32.9 Å². The lowest BCUT2D eigenvalue weighted by Gasteiger charge is -2.32. The van der Waals surface area contributed by atoms with Crippen LogP contribution in [0.2, 0.25) is 0 Å². The van der Waals surface area contributed by atoms with Gasteiger partial charge in [0.2, 0.25) is 0 Å². The molecule has 0 saturated carbocycles. The molecule has 0 unspecified atom stereocenters. The minimum atomic E-state index is -0.0259. The van der Waals surface area contributed by atoms with E-state index in [2.05, 4.69) is 22.9 Å². The first-order chi connectivity index (χ1) is 15.2. The van der Waals surface area contributed by atoms with Gasteiger partial charge in [0.15, 0.2) is 5.69 Å². The number of fused-ring (bicyclic) bond motifs is 3. The number of imidazole rings is 1. The maximum absolute atomic E-state index is 13.3. The zero-order valence-corrected chi connectivity index (χ0v) is 17.5. The number of carbonyl (C=O) groups excluding carboxylic acids is 1. The first kappa shape index (κ1) is 19.3. The number of hydrogen-bond acceptors (Lipinski definition) is 4. The minimum absolute atomic E-state index is 0.0259. The number of likely N-dealkylation sites (N-methyl/N-ethyl adjacent to an activating group) is 1. The summed E-state index contributed by atoms with van der Waals surface area (Å²) in [6, 6.07) is 16.0. The molecule has 2 aliphatic heterocycles. The fraction of sp³-hybridized carbons (Fsp3) is 0.240. The lowest BCUT2D eigenvalue weighted by Crippen LogP contribution is -2.47. The first-order valence-corrected chi connectivity index (χ1v) is 10.4. The van der Waals surface area contributed by atoms with E-state index in [0.29, 0.717) is 25.3 Å². The summed E-state index contributed by atoms with van der Waals surface area (Å²) in [7, 11) is 2.08. The molecule has 3 aromatic rings. The maximum Gasteiger partial charge on any atom is 0.274 e. The Balaban J connectivity index is 1.61. The lowest BCUT2D eigenvalue weighted by atomic mass is 9.98. The van der Waals surface area contributed by atoms with E-state index in [1.165, 1.54) is 0 Å². The quantitative estimate of drug-likeness (QED) is 0.612. The van der Waals surface area contributed by atoms with E-state index in [4.69, 9.17) is 11.4 Å². The van der Waals surface area contributed by atoms with Crippen molar-refractivity contribution in [2.75, 3.05) is 33.2 Å². The van der Waals surface area contributed by atoms with Gasteiger partial charge in [0.25, 0.3) is 5.91 Å². The molecular formula is C25H23N5O. The highest BCUT2D eigenvalue weighted by molar-refractivity contribution is 6.15. The number of hydrogen-bond donors (Lipinski definition) is 0. The summed E-state index contributed by atoms with van der Waals surface area (Å²) >= 11 is 0. The van der Waals surface area contributed by atoms with Crippen molar-refractivity contribution in [3.8, 4) is 18.0 Å². The number of amides is 1. The van der Waals surface area contributed by atoms with Gasteiger partial charge < -0.3 is 9.80 Å². The summed E-state index contributed by atoms with van der Waals surface area (Å²) in [4.78, 5) is 26.8. The molecule has 1 saturated heterocycles. The molecule has 1 aromatic heterocycles. The van der Waals surface area contributed by atoms with Gasteiger partial charge in [-0.05, 0) is 25.2 Å². The molecule has 2 aromatic carbocycles. The zero-order valence-electron chi connectivity index (χ0n) is 17.5. The molecule has 0 radical (unpaired) electrons. The van der Waals surface area contributed by atoms with E-state index < -0.39 is 0 Å². The van der Waals surface area contributed by atoms with Crippen molar-refractivity contribution in [2.45, 2.75) is 6.54 Å². The van der Waals surface area contributed by atoms with Crippen molar-refractivity contribution < 1.29 is 4.79 Å². The largest absolute Gasteiger partial charge is 0.335 e. The maximum atomic E-state index is 13.3. The summed E-state index contributed by atoms with van der Waals surface area (Å²) in [6.07, 6.45) is 7.41. The molecule has 5 rings (SSSR count). The second-order valence-electron chi connectivity index (χ2n) is 7.91. The number of aliphatic imine (C=N–C) groups is 1. The number of terminal acetylenes is 1. The van der Waals surface area contributed by atoms with Crippen LogP contribution in [0.15, 0.2) is 59.9 Å². The van der Waals surface area contributed by atoms with E-state index in [1.807, 2.05) is 58.0 Å². The Morgan fingerprint density at radius 3 is 2.58 bits per heavy atom. The Labute approximate surface area is 181 Å². The van der Waals surface area contributed by atoms with Gasteiger partial charge in [-0.25, -0.2) is 4.98 Å². The van der Waals surface area contributed by atoms with Crippen LogP contribution in [0.5, 0.6) is 0 Å².